The van der Waals surface area contributed by atoms with Crippen LogP contribution in [0.2, 0.25) is 0 Å². The summed E-state index contributed by atoms with van der Waals surface area (Å²) in [6.45, 7) is 4.00. The first kappa shape index (κ1) is 14.8. The van der Waals surface area contributed by atoms with Gasteiger partial charge in [-0.2, -0.15) is 0 Å². The molecule has 2 unspecified atom stereocenters. The lowest BCUT2D eigenvalue weighted by atomic mass is 10.3. The Balaban J connectivity index is 3.80. The molecule has 0 aliphatic rings. The molecule has 0 saturated heterocycles. The zero-order valence-corrected chi connectivity index (χ0v) is 10.4. The standard InChI is InChI=1S/C9H21NO4S/c1-4-15(12,13)7-8(2)10-5-9(11)6-14-3/h8-11H,4-7H2,1-3H3. The second-order valence-electron chi connectivity index (χ2n) is 3.62. The van der Waals surface area contributed by atoms with Gasteiger partial charge in [0.05, 0.1) is 18.5 Å². The summed E-state index contributed by atoms with van der Waals surface area (Å²) >= 11 is 0. The fourth-order valence-corrected chi connectivity index (χ4v) is 2.26. The Morgan fingerprint density at radius 2 is 2.07 bits per heavy atom. The first-order valence-electron chi connectivity index (χ1n) is 5.02. The van der Waals surface area contributed by atoms with Gasteiger partial charge in [0.2, 0.25) is 0 Å². The highest BCUT2D eigenvalue weighted by molar-refractivity contribution is 7.91. The van der Waals surface area contributed by atoms with E-state index >= 15 is 0 Å². The van der Waals surface area contributed by atoms with E-state index in [1.165, 1.54) is 7.11 Å². The van der Waals surface area contributed by atoms with Crippen molar-refractivity contribution in [2.75, 3.05) is 31.8 Å². The van der Waals surface area contributed by atoms with Crippen molar-refractivity contribution >= 4 is 9.84 Å². The van der Waals surface area contributed by atoms with Gasteiger partial charge in [-0.1, -0.05) is 6.92 Å². The molecule has 0 saturated carbocycles. The lowest BCUT2D eigenvalue weighted by molar-refractivity contribution is 0.0634. The number of nitrogens with one attached hydrogen (secondary N) is 1. The average molecular weight is 239 g/mol. The number of rotatable bonds is 8. The number of hydrogen-bond donors (Lipinski definition) is 2. The molecule has 0 fully saturated rings. The molecule has 0 heterocycles. The highest BCUT2D eigenvalue weighted by Gasteiger charge is 2.14. The summed E-state index contributed by atoms with van der Waals surface area (Å²) < 4.78 is 27.3. The minimum Gasteiger partial charge on any atom is -0.389 e. The summed E-state index contributed by atoms with van der Waals surface area (Å²) in [6, 6.07) is -0.151. The maximum absolute atomic E-state index is 11.3. The molecule has 92 valence electrons. The number of methoxy groups -OCH3 is 1. The van der Waals surface area contributed by atoms with Crippen molar-refractivity contribution < 1.29 is 18.3 Å². The fourth-order valence-electron chi connectivity index (χ4n) is 1.15. The van der Waals surface area contributed by atoms with E-state index in [0.717, 1.165) is 0 Å². The maximum atomic E-state index is 11.3. The normalized spacial score (nSPS) is 16.3. The summed E-state index contributed by atoms with van der Waals surface area (Å²) in [5.74, 6) is 0.253. The SMILES string of the molecule is CCS(=O)(=O)CC(C)NCC(O)COC. The Morgan fingerprint density at radius 1 is 1.47 bits per heavy atom. The third-order valence-electron chi connectivity index (χ3n) is 2.00. The number of hydrogen-bond acceptors (Lipinski definition) is 5. The summed E-state index contributed by atoms with van der Waals surface area (Å²) in [7, 11) is -1.45. The average Bonchev–Trinajstić information content (AvgIpc) is 2.15. The van der Waals surface area contributed by atoms with Gasteiger partial charge in [-0.15, -0.1) is 0 Å². The second-order valence-corrected chi connectivity index (χ2v) is 6.02. The van der Waals surface area contributed by atoms with Crippen LogP contribution in [0.1, 0.15) is 13.8 Å². The zero-order valence-electron chi connectivity index (χ0n) is 9.56. The summed E-state index contributed by atoms with van der Waals surface area (Å²) in [5.41, 5.74) is 0. The van der Waals surface area contributed by atoms with Gasteiger partial charge in [-0.05, 0) is 6.92 Å². The molecule has 0 aliphatic carbocycles. The molecule has 0 aliphatic heterocycles. The summed E-state index contributed by atoms with van der Waals surface area (Å²) in [4.78, 5) is 0. The van der Waals surface area contributed by atoms with Crippen molar-refractivity contribution in [3.8, 4) is 0 Å². The van der Waals surface area contributed by atoms with E-state index in [1.54, 1.807) is 13.8 Å². The van der Waals surface area contributed by atoms with Crippen LogP contribution in [0.25, 0.3) is 0 Å². The van der Waals surface area contributed by atoms with E-state index in [0.29, 0.717) is 6.54 Å². The van der Waals surface area contributed by atoms with Gasteiger partial charge in [0, 0.05) is 25.4 Å². The molecule has 0 spiro atoms. The molecule has 0 aromatic carbocycles. The lowest BCUT2D eigenvalue weighted by Gasteiger charge is -2.16. The minimum absolute atomic E-state index is 0.100. The van der Waals surface area contributed by atoms with E-state index in [-0.39, 0.29) is 24.2 Å². The van der Waals surface area contributed by atoms with Crippen molar-refractivity contribution in [1.82, 2.24) is 5.32 Å². The summed E-state index contributed by atoms with van der Waals surface area (Å²) in [5, 5.41) is 12.3. The van der Waals surface area contributed by atoms with Gasteiger partial charge in [-0.3, -0.25) is 0 Å². The largest absolute Gasteiger partial charge is 0.389 e. The van der Waals surface area contributed by atoms with Crippen LogP contribution >= 0.6 is 0 Å². The number of ether oxygens (including phenoxy) is 1. The zero-order chi connectivity index (χ0) is 11.9. The number of aliphatic hydroxyl groups excluding tert-OH is 1. The van der Waals surface area contributed by atoms with E-state index in [1.807, 2.05) is 0 Å². The Kier molecular flexibility index (Phi) is 7.08. The molecule has 0 amide bonds. The van der Waals surface area contributed by atoms with Crippen molar-refractivity contribution in [3.05, 3.63) is 0 Å². The van der Waals surface area contributed by atoms with E-state index < -0.39 is 15.9 Å². The van der Waals surface area contributed by atoms with Gasteiger partial charge in [0.25, 0.3) is 0 Å². The van der Waals surface area contributed by atoms with Crippen molar-refractivity contribution in [3.63, 3.8) is 0 Å². The van der Waals surface area contributed by atoms with Crippen molar-refractivity contribution in [2.45, 2.75) is 26.0 Å². The predicted molar refractivity (Wildman–Crippen MR) is 59.7 cm³/mol. The molecule has 0 radical (unpaired) electrons. The van der Waals surface area contributed by atoms with Crippen molar-refractivity contribution in [2.24, 2.45) is 0 Å². The minimum atomic E-state index is -2.95. The monoisotopic (exact) mass is 239 g/mol. The quantitative estimate of drug-likeness (QED) is 0.592. The Hall–Kier alpha value is -0.170. The van der Waals surface area contributed by atoms with Gasteiger partial charge in [0.15, 0.2) is 9.84 Å². The van der Waals surface area contributed by atoms with E-state index in [4.69, 9.17) is 4.74 Å². The third-order valence-corrected chi connectivity index (χ3v) is 3.89. The molecule has 0 aromatic heterocycles. The second kappa shape index (κ2) is 7.16. The highest BCUT2D eigenvalue weighted by Crippen LogP contribution is 1.94. The molecule has 0 rings (SSSR count). The van der Waals surface area contributed by atoms with Crippen LogP contribution in [0.3, 0.4) is 0 Å². The molecule has 0 aromatic rings. The Morgan fingerprint density at radius 3 is 2.53 bits per heavy atom. The third kappa shape index (κ3) is 7.72. The topological polar surface area (TPSA) is 75.6 Å². The van der Waals surface area contributed by atoms with Gasteiger partial charge in [-0.25, -0.2) is 8.42 Å². The van der Waals surface area contributed by atoms with Gasteiger partial charge < -0.3 is 15.2 Å². The maximum Gasteiger partial charge on any atom is 0.151 e. The predicted octanol–water partition coefficient (Wildman–Crippen LogP) is -0.593. The number of sulfone groups is 1. The summed E-state index contributed by atoms with van der Waals surface area (Å²) in [6.07, 6.45) is -0.596. The molecule has 2 atom stereocenters. The first-order valence-corrected chi connectivity index (χ1v) is 6.84. The molecule has 6 heteroatoms. The highest BCUT2D eigenvalue weighted by atomic mass is 32.2. The molecular formula is C9H21NO4S. The molecule has 0 bridgehead atoms. The lowest BCUT2D eigenvalue weighted by Crippen LogP contribution is -2.39. The van der Waals surface area contributed by atoms with Crippen LogP contribution in [-0.2, 0) is 14.6 Å². The van der Waals surface area contributed by atoms with Gasteiger partial charge >= 0.3 is 0 Å². The van der Waals surface area contributed by atoms with Gasteiger partial charge in [0.1, 0.15) is 0 Å². The Labute approximate surface area is 91.7 Å². The van der Waals surface area contributed by atoms with E-state index in [9.17, 15) is 13.5 Å². The van der Waals surface area contributed by atoms with Crippen LogP contribution in [0.4, 0.5) is 0 Å². The van der Waals surface area contributed by atoms with Crippen LogP contribution in [0, 0.1) is 0 Å². The molecule has 2 N–H and O–H groups in total. The smallest absolute Gasteiger partial charge is 0.151 e. The van der Waals surface area contributed by atoms with Crippen LogP contribution in [-0.4, -0.2) is 57.4 Å². The van der Waals surface area contributed by atoms with Crippen LogP contribution in [0.5, 0.6) is 0 Å². The fraction of sp³-hybridized carbons (Fsp3) is 1.00. The molecule has 5 nitrogen and oxygen atoms in total. The van der Waals surface area contributed by atoms with Crippen LogP contribution in [0.15, 0.2) is 0 Å². The molecular weight excluding hydrogens is 218 g/mol. The first-order chi connectivity index (χ1) is 6.91. The Bertz CT molecular complexity index is 253. The number of aliphatic hydroxyl groups is 1. The van der Waals surface area contributed by atoms with Crippen molar-refractivity contribution in [1.29, 1.82) is 0 Å². The van der Waals surface area contributed by atoms with E-state index in [2.05, 4.69) is 5.32 Å². The van der Waals surface area contributed by atoms with Crippen LogP contribution < -0.4 is 5.32 Å². The molecule has 15 heavy (non-hydrogen) atoms.